The van der Waals surface area contributed by atoms with Crippen molar-refractivity contribution >= 4 is 29.3 Å². The van der Waals surface area contributed by atoms with Gasteiger partial charge >= 0.3 is 0 Å². The zero-order chi connectivity index (χ0) is 17.7. The van der Waals surface area contributed by atoms with Crippen LogP contribution >= 0.6 is 11.6 Å². The normalized spacial score (nSPS) is 11.0. The summed E-state index contributed by atoms with van der Waals surface area (Å²) in [4.78, 5) is 12.0. The third-order valence-electron chi connectivity index (χ3n) is 3.31. The molecule has 0 radical (unpaired) electrons. The van der Waals surface area contributed by atoms with Crippen molar-refractivity contribution in [1.82, 2.24) is 9.78 Å². The molecule has 1 heterocycles. The maximum atomic E-state index is 12.0. The molecule has 0 saturated carbocycles. The monoisotopic (exact) mass is 342 g/mol. The molecular formula is C18H19ClN4O. The maximum absolute atomic E-state index is 12.0. The van der Waals surface area contributed by atoms with Gasteiger partial charge in [0.05, 0.1) is 17.3 Å². The lowest BCUT2D eigenvalue weighted by atomic mass is 10.2. The average molecular weight is 343 g/mol. The number of hydrogen-bond acceptors (Lipinski definition) is 3. The second kappa shape index (κ2) is 7.80. The number of benzene rings is 1. The van der Waals surface area contributed by atoms with Crippen LogP contribution in [0.2, 0.25) is 5.15 Å². The van der Waals surface area contributed by atoms with Crippen LogP contribution in [0.15, 0.2) is 30.3 Å². The van der Waals surface area contributed by atoms with E-state index in [0.29, 0.717) is 22.3 Å². The maximum Gasteiger partial charge on any atom is 0.248 e. The fraction of sp³-hybridized carbons (Fsp3) is 0.278. The predicted octanol–water partition coefficient (Wildman–Crippen LogP) is 4.02. The Bertz CT molecular complexity index is 815. The minimum absolute atomic E-state index is 0.294. The number of halogens is 1. The lowest BCUT2D eigenvalue weighted by molar-refractivity contribution is -0.111. The zero-order valence-corrected chi connectivity index (χ0v) is 14.6. The molecule has 1 aromatic carbocycles. The number of amides is 1. The van der Waals surface area contributed by atoms with Crippen molar-refractivity contribution in [2.75, 3.05) is 5.32 Å². The van der Waals surface area contributed by atoms with Gasteiger partial charge in [0.25, 0.3) is 0 Å². The fourth-order valence-corrected chi connectivity index (χ4v) is 2.54. The third kappa shape index (κ3) is 4.46. The van der Waals surface area contributed by atoms with Crippen molar-refractivity contribution in [3.05, 3.63) is 52.3 Å². The van der Waals surface area contributed by atoms with Crippen LogP contribution in [0, 0.1) is 24.2 Å². The van der Waals surface area contributed by atoms with Crippen molar-refractivity contribution in [2.45, 2.75) is 27.3 Å². The summed E-state index contributed by atoms with van der Waals surface area (Å²) in [6, 6.07) is 8.77. The summed E-state index contributed by atoms with van der Waals surface area (Å²) in [6.07, 6.45) is 3.07. The Labute approximate surface area is 146 Å². The summed E-state index contributed by atoms with van der Waals surface area (Å²) in [7, 11) is 0. The van der Waals surface area contributed by atoms with Crippen LogP contribution in [0.25, 0.3) is 6.08 Å². The highest BCUT2D eigenvalue weighted by Crippen LogP contribution is 2.22. The highest BCUT2D eigenvalue weighted by Gasteiger charge is 2.12. The molecule has 0 unspecified atom stereocenters. The predicted molar refractivity (Wildman–Crippen MR) is 95.6 cm³/mol. The van der Waals surface area contributed by atoms with Crippen LogP contribution in [-0.2, 0) is 11.3 Å². The van der Waals surface area contributed by atoms with E-state index in [0.717, 1.165) is 17.8 Å². The molecule has 1 N–H and O–H groups in total. The molecule has 0 fully saturated rings. The number of nitriles is 1. The smallest absolute Gasteiger partial charge is 0.248 e. The summed E-state index contributed by atoms with van der Waals surface area (Å²) in [5.41, 5.74) is 2.57. The topological polar surface area (TPSA) is 70.7 Å². The van der Waals surface area contributed by atoms with Gasteiger partial charge in [-0.15, -0.1) is 0 Å². The minimum Gasteiger partial charge on any atom is -0.322 e. The first-order valence-corrected chi connectivity index (χ1v) is 8.00. The van der Waals surface area contributed by atoms with Crippen molar-refractivity contribution < 1.29 is 4.79 Å². The van der Waals surface area contributed by atoms with Crippen LogP contribution < -0.4 is 5.32 Å². The van der Waals surface area contributed by atoms with Gasteiger partial charge < -0.3 is 5.32 Å². The van der Waals surface area contributed by atoms with Gasteiger partial charge in [-0.2, -0.15) is 10.4 Å². The van der Waals surface area contributed by atoms with E-state index in [-0.39, 0.29) is 5.91 Å². The number of anilines is 1. The van der Waals surface area contributed by atoms with Gasteiger partial charge in [-0.25, -0.2) is 0 Å². The summed E-state index contributed by atoms with van der Waals surface area (Å²) in [5, 5.41) is 16.5. The van der Waals surface area contributed by atoms with Crippen molar-refractivity contribution in [1.29, 1.82) is 5.26 Å². The van der Waals surface area contributed by atoms with Crippen molar-refractivity contribution in [3.8, 4) is 6.07 Å². The highest BCUT2D eigenvalue weighted by atomic mass is 35.5. The molecule has 0 aliphatic carbocycles. The lowest BCUT2D eigenvalue weighted by Gasteiger charge is -2.05. The number of nitrogens with zero attached hydrogens (tertiary/aromatic N) is 3. The number of carbonyl (C=O) groups is 1. The van der Waals surface area contributed by atoms with Gasteiger partial charge in [0, 0.05) is 23.9 Å². The Balaban J connectivity index is 2.11. The Morgan fingerprint density at radius 2 is 2.25 bits per heavy atom. The molecule has 2 aromatic rings. The third-order valence-corrected chi connectivity index (χ3v) is 3.71. The summed E-state index contributed by atoms with van der Waals surface area (Å²) < 4.78 is 1.75. The van der Waals surface area contributed by atoms with Gasteiger partial charge in [-0.05, 0) is 37.1 Å². The highest BCUT2D eigenvalue weighted by molar-refractivity contribution is 6.31. The molecule has 0 spiro atoms. The Morgan fingerprint density at radius 3 is 2.92 bits per heavy atom. The second-order valence-corrected chi connectivity index (χ2v) is 6.24. The van der Waals surface area contributed by atoms with Gasteiger partial charge in [0.15, 0.2) is 0 Å². The number of nitrogens with one attached hydrogen (secondary N) is 1. The first-order valence-electron chi connectivity index (χ1n) is 7.63. The molecule has 0 aliphatic rings. The zero-order valence-electron chi connectivity index (χ0n) is 13.9. The van der Waals surface area contributed by atoms with E-state index in [1.165, 1.54) is 6.08 Å². The standard InChI is InChI=1S/C18H19ClN4O/c1-12(2)11-23-18(19)16(13(3)22-23)7-8-17(24)21-15-6-4-5-14(9-15)10-20/h4-9,12H,11H2,1-3H3,(H,21,24)/b8-7+. The van der Waals surface area contributed by atoms with Crippen molar-refractivity contribution in [3.63, 3.8) is 0 Å². The summed E-state index contributed by atoms with van der Waals surface area (Å²) in [6.45, 7) is 6.76. The van der Waals surface area contributed by atoms with Gasteiger partial charge in [-0.3, -0.25) is 9.48 Å². The van der Waals surface area contributed by atoms with Crippen LogP contribution in [-0.4, -0.2) is 15.7 Å². The SMILES string of the molecule is Cc1nn(CC(C)C)c(Cl)c1/C=C/C(=O)Nc1cccc(C#N)c1. The number of carbonyl (C=O) groups excluding carboxylic acids is 1. The molecule has 1 amide bonds. The molecule has 0 aliphatic heterocycles. The average Bonchev–Trinajstić information content (AvgIpc) is 2.79. The molecule has 0 bridgehead atoms. The molecule has 0 atom stereocenters. The van der Waals surface area contributed by atoms with E-state index in [2.05, 4.69) is 24.3 Å². The Hall–Kier alpha value is -2.58. The van der Waals surface area contributed by atoms with Gasteiger partial charge in [0.2, 0.25) is 5.91 Å². The van der Waals surface area contributed by atoms with E-state index < -0.39 is 0 Å². The number of aromatic nitrogens is 2. The van der Waals surface area contributed by atoms with Crippen LogP contribution in [0.4, 0.5) is 5.69 Å². The summed E-state index contributed by atoms with van der Waals surface area (Å²) in [5.74, 6) is 0.131. The van der Waals surface area contributed by atoms with E-state index in [1.807, 2.05) is 13.0 Å². The molecular weight excluding hydrogens is 324 g/mol. The molecule has 2 rings (SSSR count). The summed E-state index contributed by atoms with van der Waals surface area (Å²) >= 11 is 6.34. The van der Waals surface area contributed by atoms with E-state index in [1.54, 1.807) is 35.0 Å². The number of rotatable bonds is 5. The number of aryl methyl sites for hydroxylation is 1. The Morgan fingerprint density at radius 1 is 1.50 bits per heavy atom. The van der Waals surface area contributed by atoms with Crippen LogP contribution in [0.5, 0.6) is 0 Å². The van der Waals surface area contributed by atoms with Gasteiger partial charge in [-0.1, -0.05) is 31.5 Å². The molecule has 1 aromatic heterocycles. The molecule has 24 heavy (non-hydrogen) atoms. The Kier molecular flexibility index (Phi) is 5.78. The van der Waals surface area contributed by atoms with E-state index in [9.17, 15) is 4.79 Å². The van der Waals surface area contributed by atoms with Crippen molar-refractivity contribution in [2.24, 2.45) is 5.92 Å². The lowest BCUT2D eigenvalue weighted by Crippen LogP contribution is -2.07. The quantitative estimate of drug-likeness (QED) is 0.834. The molecule has 0 saturated heterocycles. The number of hydrogen-bond donors (Lipinski definition) is 1. The molecule has 124 valence electrons. The first kappa shape index (κ1) is 17.8. The molecule has 5 nitrogen and oxygen atoms in total. The minimum atomic E-state index is -0.294. The largest absolute Gasteiger partial charge is 0.322 e. The molecule has 6 heteroatoms. The fourth-order valence-electron chi connectivity index (χ4n) is 2.23. The first-order chi connectivity index (χ1) is 11.4. The van der Waals surface area contributed by atoms with E-state index >= 15 is 0 Å². The van der Waals surface area contributed by atoms with Crippen LogP contribution in [0.1, 0.15) is 30.7 Å². The second-order valence-electron chi connectivity index (χ2n) is 5.88. The van der Waals surface area contributed by atoms with E-state index in [4.69, 9.17) is 16.9 Å². The van der Waals surface area contributed by atoms with Gasteiger partial charge in [0.1, 0.15) is 5.15 Å². The van der Waals surface area contributed by atoms with Crippen LogP contribution in [0.3, 0.4) is 0 Å².